The first kappa shape index (κ1) is 13.2. The topological polar surface area (TPSA) is 96.4 Å². The van der Waals surface area contributed by atoms with Crippen molar-refractivity contribution < 1.29 is 15.0 Å². The van der Waals surface area contributed by atoms with Crippen LogP contribution in [0.5, 0.6) is 0 Å². The molecule has 0 aliphatic rings. The number of nitrogens with two attached hydrogens (primary N) is 1. The van der Waals surface area contributed by atoms with E-state index in [0.29, 0.717) is 0 Å². The Balaban J connectivity index is 2.87. The van der Waals surface area contributed by atoms with E-state index in [4.69, 9.17) is 28.9 Å². The summed E-state index contributed by atoms with van der Waals surface area (Å²) in [6.45, 7) is 0. The molecule has 16 heavy (non-hydrogen) atoms. The number of aliphatic hydroxyl groups excluding tert-OH is 2. The molecule has 0 aliphatic carbocycles. The van der Waals surface area contributed by atoms with Crippen molar-refractivity contribution in [3.05, 3.63) is 28.0 Å². The molecule has 2 unspecified atom stereocenters. The monoisotopic (exact) mass is 264 g/mol. The maximum Gasteiger partial charge on any atom is 0.220 e. The van der Waals surface area contributed by atoms with E-state index in [-0.39, 0.29) is 22.3 Å². The Morgan fingerprint density at radius 2 is 2.06 bits per heavy atom. The highest BCUT2D eigenvalue weighted by Gasteiger charge is 2.23. The van der Waals surface area contributed by atoms with E-state index in [1.807, 2.05) is 0 Å². The molecule has 1 heterocycles. The third-order valence-electron chi connectivity index (χ3n) is 1.94. The number of aromatic nitrogens is 1. The number of nitrogens with zero attached hydrogens (tertiary/aromatic N) is 1. The summed E-state index contributed by atoms with van der Waals surface area (Å²) < 4.78 is 0. The molecule has 0 saturated heterocycles. The zero-order chi connectivity index (χ0) is 12.3. The van der Waals surface area contributed by atoms with Crippen molar-refractivity contribution in [2.24, 2.45) is 5.73 Å². The first-order chi connectivity index (χ1) is 7.41. The zero-order valence-corrected chi connectivity index (χ0v) is 9.61. The van der Waals surface area contributed by atoms with Gasteiger partial charge in [-0.2, -0.15) is 0 Å². The molecule has 0 aromatic carbocycles. The second-order valence-corrected chi connectivity index (χ2v) is 3.94. The summed E-state index contributed by atoms with van der Waals surface area (Å²) >= 11 is 11.3. The van der Waals surface area contributed by atoms with Crippen LogP contribution in [0.25, 0.3) is 0 Å². The average Bonchev–Trinajstić information content (AvgIpc) is 2.15. The fraction of sp³-hybridized carbons (Fsp3) is 0.333. The molecular formula is C9H10Cl2N2O3. The van der Waals surface area contributed by atoms with Gasteiger partial charge in [0.15, 0.2) is 0 Å². The summed E-state index contributed by atoms with van der Waals surface area (Å²) in [6, 6.07) is 2.84. The second-order valence-electron chi connectivity index (χ2n) is 3.20. The normalized spacial score (nSPS) is 14.5. The first-order valence-electron chi connectivity index (χ1n) is 4.38. The predicted molar refractivity (Wildman–Crippen MR) is 59.0 cm³/mol. The molecule has 0 radical (unpaired) electrons. The molecular weight excluding hydrogens is 255 g/mol. The minimum Gasteiger partial charge on any atom is -0.390 e. The number of aliphatic hydroxyl groups is 2. The van der Waals surface area contributed by atoms with Crippen LogP contribution >= 0.6 is 23.2 Å². The summed E-state index contributed by atoms with van der Waals surface area (Å²) in [5.74, 6) is -0.718. The largest absolute Gasteiger partial charge is 0.390 e. The van der Waals surface area contributed by atoms with Crippen molar-refractivity contribution in [2.75, 3.05) is 0 Å². The van der Waals surface area contributed by atoms with Gasteiger partial charge in [0.25, 0.3) is 0 Å². The van der Waals surface area contributed by atoms with Gasteiger partial charge in [0.05, 0.1) is 12.5 Å². The molecule has 5 nitrogen and oxygen atoms in total. The van der Waals surface area contributed by atoms with E-state index in [1.165, 1.54) is 12.1 Å². The number of halogens is 2. The molecule has 1 amide bonds. The molecule has 0 fully saturated rings. The summed E-state index contributed by atoms with van der Waals surface area (Å²) in [5, 5.41) is 19.3. The van der Waals surface area contributed by atoms with E-state index in [1.54, 1.807) is 0 Å². The quantitative estimate of drug-likeness (QED) is 0.696. The highest BCUT2D eigenvalue weighted by Crippen LogP contribution is 2.26. The van der Waals surface area contributed by atoms with Gasteiger partial charge in [-0.15, -0.1) is 0 Å². The van der Waals surface area contributed by atoms with Crippen molar-refractivity contribution in [1.29, 1.82) is 0 Å². The van der Waals surface area contributed by atoms with Crippen LogP contribution in [-0.2, 0) is 4.79 Å². The minimum atomic E-state index is -1.33. The van der Waals surface area contributed by atoms with E-state index in [0.717, 1.165) is 0 Å². The van der Waals surface area contributed by atoms with Crippen LogP contribution in [0.15, 0.2) is 12.1 Å². The summed E-state index contributed by atoms with van der Waals surface area (Å²) in [7, 11) is 0. The van der Waals surface area contributed by atoms with Crippen molar-refractivity contribution in [3.8, 4) is 0 Å². The summed E-state index contributed by atoms with van der Waals surface area (Å²) in [5.41, 5.74) is 5.09. The number of carbonyl (C=O) groups is 1. The fourth-order valence-electron chi connectivity index (χ4n) is 1.17. The Hall–Kier alpha value is -0.880. The van der Waals surface area contributed by atoms with Crippen molar-refractivity contribution in [2.45, 2.75) is 18.6 Å². The number of amides is 1. The number of carbonyl (C=O) groups excluding carboxylic acids is 1. The Kier molecular flexibility index (Phi) is 4.49. The second kappa shape index (κ2) is 5.45. The number of rotatable bonds is 4. The molecule has 0 spiro atoms. The van der Waals surface area contributed by atoms with Crippen molar-refractivity contribution in [1.82, 2.24) is 4.98 Å². The van der Waals surface area contributed by atoms with Crippen LogP contribution in [0.4, 0.5) is 0 Å². The van der Waals surface area contributed by atoms with Gasteiger partial charge in [-0.25, -0.2) is 4.98 Å². The highest BCUT2D eigenvalue weighted by molar-refractivity contribution is 6.32. The van der Waals surface area contributed by atoms with E-state index < -0.39 is 18.1 Å². The fourth-order valence-corrected chi connectivity index (χ4v) is 1.63. The molecule has 7 heteroatoms. The molecule has 0 aliphatic heterocycles. The van der Waals surface area contributed by atoms with Gasteiger partial charge < -0.3 is 15.9 Å². The van der Waals surface area contributed by atoms with E-state index >= 15 is 0 Å². The van der Waals surface area contributed by atoms with Gasteiger partial charge in [0, 0.05) is 5.56 Å². The molecule has 0 saturated carbocycles. The minimum absolute atomic E-state index is 0.0245. The van der Waals surface area contributed by atoms with Gasteiger partial charge in [-0.3, -0.25) is 4.79 Å². The van der Waals surface area contributed by atoms with E-state index in [9.17, 15) is 15.0 Å². The van der Waals surface area contributed by atoms with Gasteiger partial charge in [0.1, 0.15) is 16.4 Å². The third-order valence-corrected chi connectivity index (χ3v) is 2.45. The Morgan fingerprint density at radius 1 is 1.44 bits per heavy atom. The molecule has 1 aromatic rings. The summed E-state index contributed by atoms with van der Waals surface area (Å²) in [4.78, 5) is 14.3. The van der Waals surface area contributed by atoms with Crippen LogP contribution in [0.1, 0.15) is 18.1 Å². The molecule has 4 N–H and O–H groups in total. The molecule has 1 aromatic heterocycles. The van der Waals surface area contributed by atoms with Crippen molar-refractivity contribution in [3.63, 3.8) is 0 Å². The Morgan fingerprint density at radius 3 is 2.56 bits per heavy atom. The average molecular weight is 265 g/mol. The number of pyridine rings is 1. The Bertz CT molecular complexity index is 400. The lowest BCUT2D eigenvalue weighted by Crippen LogP contribution is -2.26. The van der Waals surface area contributed by atoms with Crippen LogP contribution < -0.4 is 5.73 Å². The van der Waals surface area contributed by atoms with Crippen LogP contribution in [0.2, 0.25) is 10.3 Å². The van der Waals surface area contributed by atoms with Gasteiger partial charge >= 0.3 is 0 Å². The zero-order valence-electron chi connectivity index (χ0n) is 8.10. The molecule has 2 atom stereocenters. The van der Waals surface area contributed by atoms with Crippen molar-refractivity contribution >= 4 is 29.1 Å². The van der Waals surface area contributed by atoms with Crippen LogP contribution in [0.3, 0.4) is 0 Å². The lowest BCUT2D eigenvalue weighted by Gasteiger charge is -2.17. The first-order valence-corrected chi connectivity index (χ1v) is 5.13. The molecule has 1 rings (SSSR count). The Labute approximate surface area is 102 Å². The smallest absolute Gasteiger partial charge is 0.220 e. The van der Waals surface area contributed by atoms with Crippen LogP contribution in [-0.4, -0.2) is 27.2 Å². The highest BCUT2D eigenvalue weighted by atomic mass is 35.5. The SMILES string of the molecule is NC(=O)CC(O)C(O)c1ccc(Cl)nc1Cl. The van der Waals surface area contributed by atoms with Gasteiger partial charge in [-0.1, -0.05) is 29.3 Å². The third kappa shape index (κ3) is 3.31. The van der Waals surface area contributed by atoms with Crippen LogP contribution in [0, 0.1) is 0 Å². The standard InChI is InChI=1S/C9H10Cl2N2O3/c10-6-2-1-4(9(11)13-6)8(16)5(14)3-7(12)15/h1-2,5,8,14,16H,3H2,(H2,12,15). The maximum absolute atomic E-state index is 10.6. The van der Waals surface area contributed by atoms with Gasteiger partial charge in [0.2, 0.25) is 5.91 Å². The lowest BCUT2D eigenvalue weighted by molar-refractivity contribution is -0.121. The summed E-state index contributed by atoms with van der Waals surface area (Å²) in [6.07, 6.45) is -3.01. The number of primary amides is 1. The van der Waals surface area contributed by atoms with Gasteiger partial charge in [-0.05, 0) is 6.07 Å². The van der Waals surface area contributed by atoms with E-state index in [2.05, 4.69) is 4.98 Å². The molecule has 0 bridgehead atoms. The maximum atomic E-state index is 10.6. The predicted octanol–water partition coefficient (Wildman–Crippen LogP) is 0.658. The number of hydrogen-bond acceptors (Lipinski definition) is 4. The number of hydrogen-bond donors (Lipinski definition) is 3. The lowest BCUT2D eigenvalue weighted by atomic mass is 10.0. The molecule has 88 valence electrons.